The fraction of sp³-hybridized carbons (Fsp3) is 0.600. The fourth-order valence-electron chi connectivity index (χ4n) is 2.45. The highest BCUT2D eigenvalue weighted by atomic mass is 16.2. The van der Waals surface area contributed by atoms with E-state index in [0.29, 0.717) is 13.1 Å². The maximum Gasteiger partial charge on any atom is 0.236 e. The molecule has 1 fully saturated rings. The van der Waals surface area contributed by atoms with Gasteiger partial charge in [0.15, 0.2) is 0 Å². The Bertz CT molecular complexity index is 427. The molecule has 1 amide bonds. The largest absolute Gasteiger partial charge is 0.339 e. The summed E-state index contributed by atoms with van der Waals surface area (Å²) in [6.07, 6.45) is 3.74. The normalized spacial score (nSPS) is 16.3. The topological polar surface area (TPSA) is 36.4 Å². The van der Waals surface area contributed by atoms with Crippen molar-refractivity contribution >= 4 is 5.91 Å². The van der Waals surface area contributed by atoms with Crippen LogP contribution < -0.4 is 0 Å². The van der Waals surface area contributed by atoms with Crippen molar-refractivity contribution in [2.75, 3.05) is 26.7 Å². The molecule has 2 heterocycles. The number of likely N-dealkylation sites (tertiary alicyclic amines) is 1. The summed E-state index contributed by atoms with van der Waals surface area (Å²) in [5.41, 5.74) is 1.95. The maximum atomic E-state index is 12.2. The number of rotatable bonds is 4. The van der Waals surface area contributed by atoms with Gasteiger partial charge < -0.3 is 4.90 Å². The maximum absolute atomic E-state index is 12.2. The summed E-state index contributed by atoms with van der Waals surface area (Å²) < 4.78 is 0. The number of likely N-dealkylation sites (N-methyl/N-ethyl adjacent to an activating group) is 1. The molecule has 0 saturated carbocycles. The molecular weight excluding hydrogens is 238 g/mol. The molecule has 19 heavy (non-hydrogen) atoms. The zero-order chi connectivity index (χ0) is 13.7. The first-order valence-electron chi connectivity index (χ1n) is 7.04. The van der Waals surface area contributed by atoms with Crippen molar-refractivity contribution in [2.24, 2.45) is 0 Å². The Morgan fingerprint density at radius 3 is 2.74 bits per heavy atom. The number of hydrogen-bond donors (Lipinski definition) is 0. The molecule has 0 aliphatic carbocycles. The summed E-state index contributed by atoms with van der Waals surface area (Å²) in [7, 11) is 1.86. The van der Waals surface area contributed by atoms with Gasteiger partial charge in [-0.15, -0.1) is 0 Å². The van der Waals surface area contributed by atoms with E-state index in [4.69, 9.17) is 0 Å². The van der Waals surface area contributed by atoms with Crippen molar-refractivity contribution in [3.8, 4) is 0 Å². The van der Waals surface area contributed by atoms with Gasteiger partial charge in [-0.1, -0.05) is 12.5 Å². The third-order valence-corrected chi connectivity index (χ3v) is 3.58. The first kappa shape index (κ1) is 14.0. The van der Waals surface area contributed by atoms with Crippen LogP contribution in [0.25, 0.3) is 0 Å². The second-order valence-electron chi connectivity index (χ2n) is 5.36. The summed E-state index contributed by atoms with van der Waals surface area (Å²) in [5, 5.41) is 0. The summed E-state index contributed by atoms with van der Waals surface area (Å²) in [5.74, 6) is 0.185. The van der Waals surface area contributed by atoms with E-state index in [1.807, 2.05) is 32.2 Å². The number of hydrogen-bond acceptors (Lipinski definition) is 3. The summed E-state index contributed by atoms with van der Waals surface area (Å²) in [6, 6.07) is 5.93. The van der Waals surface area contributed by atoms with Gasteiger partial charge in [0.25, 0.3) is 0 Å². The number of carbonyl (C=O) groups is 1. The minimum absolute atomic E-state index is 0.185. The predicted molar refractivity (Wildman–Crippen MR) is 75.7 cm³/mol. The Labute approximate surface area is 115 Å². The lowest BCUT2D eigenvalue weighted by Gasteiger charge is -2.27. The highest BCUT2D eigenvalue weighted by Gasteiger charge is 2.16. The number of piperidine rings is 1. The number of carbonyl (C=O) groups excluding carboxylic acids is 1. The lowest BCUT2D eigenvalue weighted by atomic mass is 10.1. The van der Waals surface area contributed by atoms with Gasteiger partial charge in [-0.2, -0.15) is 0 Å². The summed E-state index contributed by atoms with van der Waals surface area (Å²) >= 11 is 0. The van der Waals surface area contributed by atoms with Gasteiger partial charge in [-0.25, -0.2) is 0 Å². The molecule has 0 aromatic carbocycles. The van der Waals surface area contributed by atoms with Gasteiger partial charge in [-0.05, 0) is 45.0 Å². The van der Waals surface area contributed by atoms with Crippen LogP contribution >= 0.6 is 0 Å². The first-order chi connectivity index (χ1) is 9.15. The zero-order valence-corrected chi connectivity index (χ0v) is 11.9. The number of aromatic nitrogens is 1. The van der Waals surface area contributed by atoms with Gasteiger partial charge in [0.2, 0.25) is 5.91 Å². The van der Waals surface area contributed by atoms with Crippen LogP contribution in [0.15, 0.2) is 18.2 Å². The molecule has 0 N–H and O–H groups in total. The van der Waals surface area contributed by atoms with Gasteiger partial charge >= 0.3 is 0 Å². The van der Waals surface area contributed by atoms with E-state index < -0.39 is 0 Å². The molecule has 1 aromatic rings. The van der Waals surface area contributed by atoms with Crippen LogP contribution in [0, 0.1) is 6.92 Å². The highest BCUT2D eigenvalue weighted by Crippen LogP contribution is 2.09. The smallest absolute Gasteiger partial charge is 0.236 e. The number of pyridine rings is 1. The molecule has 1 saturated heterocycles. The van der Waals surface area contributed by atoms with E-state index in [9.17, 15) is 4.79 Å². The van der Waals surface area contributed by atoms with Crippen LogP contribution in [0.1, 0.15) is 30.7 Å². The lowest BCUT2D eigenvalue weighted by Crippen LogP contribution is -2.40. The van der Waals surface area contributed by atoms with Gasteiger partial charge in [0.05, 0.1) is 18.8 Å². The van der Waals surface area contributed by atoms with Gasteiger partial charge in [0, 0.05) is 12.7 Å². The van der Waals surface area contributed by atoms with E-state index in [1.54, 1.807) is 4.90 Å². The van der Waals surface area contributed by atoms with E-state index in [-0.39, 0.29) is 5.91 Å². The molecule has 104 valence electrons. The van der Waals surface area contributed by atoms with Crippen molar-refractivity contribution in [3.63, 3.8) is 0 Å². The minimum atomic E-state index is 0.185. The number of aryl methyl sites for hydroxylation is 1. The fourth-order valence-corrected chi connectivity index (χ4v) is 2.45. The predicted octanol–water partition coefficient (Wildman–Crippen LogP) is 1.83. The van der Waals surface area contributed by atoms with E-state index in [0.717, 1.165) is 24.5 Å². The summed E-state index contributed by atoms with van der Waals surface area (Å²) in [4.78, 5) is 20.6. The molecule has 0 radical (unpaired) electrons. The van der Waals surface area contributed by atoms with Crippen molar-refractivity contribution in [3.05, 3.63) is 29.6 Å². The van der Waals surface area contributed by atoms with Crippen molar-refractivity contribution in [1.82, 2.24) is 14.8 Å². The average molecular weight is 261 g/mol. The second kappa shape index (κ2) is 6.66. The molecule has 2 rings (SSSR count). The van der Waals surface area contributed by atoms with Crippen LogP contribution in [-0.2, 0) is 11.3 Å². The van der Waals surface area contributed by atoms with Crippen LogP contribution in [0.3, 0.4) is 0 Å². The van der Waals surface area contributed by atoms with E-state index in [2.05, 4.69) is 9.88 Å². The second-order valence-corrected chi connectivity index (χ2v) is 5.36. The third-order valence-electron chi connectivity index (χ3n) is 3.58. The molecule has 0 unspecified atom stereocenters. The molecule has 1 aliphatic rings. The Balaban J connectivity index is 1.84. The Hall–Kier alpha value is -1.42. The number of nitrogens with zero attached hydrogens (tertiary/aromatic N) is 3. The van der Waals surface area contributed by atoms with Crippen LogP contribution in [0.4, 0.5) is 0 Å². The van der Waals surface area contributed by atoms with E-state index in [1.165, 1.54) is 19.3 Å². The third kappa shape index (κ3) is 4.31. The minimum Gasteiger partial charge on any atom is -0.339 e. The summed E-state index contributed by atoms with van der Waals surface area (Å²) in [6.45, 7) is 5.22. The first-order valence-corrected chi connectivity index (χ1v) is 7.04. The molecule has 0 spiro atoms. The van der Waals surface area contributed by atoms with E-state index >= 15 is 0 Å². The number of amides is 1. The van der Waals surface area contributed by atoms with Gasteiger partial charge in [0.1, 0.15) is 0 Å². The molecule has 0 atom stereocenters. The molecule has 1 aliphatic heterocycles. The lowest BCUT2D eigenvalue weighted by molar-refractivity contribution is -0.131. The highest BCUT2D eigenvalue weighted by molar-refractivity contribution is 5.77. The Morgan fingerprint density at radius 1 is 1.32 bits per heavy atom. The van der Waals surface area contributed by atoms with Crippen molar-refractivity contribution in [1.29, 1.82) is 0 Å². The molecule has 4 nitrogen and oxygen atoms in total. The molecule has 1 aromatic heterocycles. The average Bonchev–Trinajstić information content (AvgIpc) is 2.40. The quantitative estimate of drug-likeness (QED) is 0.829. The van der Waals surface area contributed by atoms with Gasteiger partial charge in [-0.3, -0.25) is 14.7 Å². The molecule has 4 heteroatoms. The Morgan fingerprint density at radius 2 is 2.05 bits per heavy atom. The Kier molecular flexibility index (Phi) is 4.91. The standard InChI is InChI=1S/C15H23N3O/c1-13-7-6-8-14(16-13)11-17(2)15(19)12-18-9-4-3-5-10-18/h6-8H,3-5,9-12H2,1-2H3. The molecule has 0 bridgehead atoms. The van der Waals surface area contributed by atoms with Crippen LogP contribution in [0.2, 0.25) is 0 Å². The monoisotopic (exact) mass is 261 g/mol. The van der Waals surface area contributed by atoms with Crippen molar-refractivity contribution in [2.45, 2.75) is 32.7 Å². The SMILES string of the molecule is Cc1cccc(CN(C)C(=O)CN2CCCCC2)n1. The van der Waals surface area contributed by atoms with Crippen LogP contribution in [-0.4, -0.2) is 47.4 Å². The molecular formula is C15H23N3O. The zero-order valence-electron chi connectivity index (χ0n) is 11.9. The van der Waals surface area contributed by atoms with Crippen molar-refractivity contribution < 1.29 is 4.79 Å². The van der Waals surface area contributed by atoms with Crippen LogP contribution in [0.5, 0.6) is 0 Å².